The molecule has 2 heteroatoms. The smallest absolute Gasteiger partial charge is 0.314 e. The molecular weight excluding hydrogens is 440 g/mol. The van der Waals surface area contributed by atoms with Crippen LogP contribution < -0.4 is 0 Å². The predicted octanol–water partition coefficient (Wildman–Crippen LogP) is 8.32. The Morgan fingerprint density at radius 3 is 1.44 bits per heavy atom. The fraction of sp³-hybridized carbons (Fsp3) is 0.0882. The molecule has 0 aliphatic carbocycles. The zero-order chi connectivity index (χ0) is 24.7. The van der Waals surface area contributed by atoms with Crippen molar-refractivity contribution < 1.29 is 9.90 Å². The van der Waals surface area contributed by atoms with Gasteiger partial charge in [0.15, 0.2) is 0 Å². The van der Waals surface area contributed by atoms with Crippen molar-refractivity contribution >= 4 is 38.3 Å². The van der Waals surface area contributed by atoms with Crippen LogP contribution in [0.1, 0.15) is 29.5 Å². The summed E-state index contributed by atoms with van der Waals surface area (Å²) in [6.45, 7) is 1.89. The van der Waals surface area contributed by atoms with Gasteiger partial charge in [0.25, 0.3) is 0 Å². The second kappa shape index (κ2) is 8.66. The first-order valence-electron chi connectivity index (χ1n) is 12.3. The van der Waals surface area contributed by atoms with Gasteiger partial charge in [0, 0.05) is 5.92 Å². The molecule has 1 N–H and O–H groups in total. The number of carbonyl (C=O) groups is 1. The Hall–Kier alpha value is -4.43. The molecule has 0 aliphatic heterocycles. The monoisotopic (exact) mass is 466 g/mol. The van der Waals surface area contributed by atoms with Crippen molar-refractivity contribution in [3.05, 3.63) is 144 Å². The highest BCUT2D eigenvalue weighted by molar-refractivity contribution is 5.97. The molecule has 174 valence electrons. The van der Waals surface area contributed by atoms with Gasteiger partial charge in [0.1, 0.15) is 5.41 Å². The molecule has 2 nitrogen and oxygen atoms in total. The van der Waals surface area contributed by atoms with Crippen molar-refractivity contribution in [3.8, 4) is 0 Å². The van der Waals surface area contributed by atoms with Gasteiger partial charge in [-0.3, -0.25) is 4.79 Å². The lowest BCUT2D eigenvalue weighted by Gasteiger charge is -2.37. The van der Waals surface area contributed by atoms with Crippen LogP contribution in [0.3, 0.4) is 0 Å². The van der Waals surface area contributed by atoms with E-state index in [1.807, 2.05) is 85.8 Å². The molecular formula is C34H26O2. The number of rotatable bonds is 5. The van der Waals surface area contributed by atoms with E-state index in [0.717, 1.165) is 49.0 Å². The summed E-state index contributed by atoms with van der Waals surface area (Å²) in [5, 5.41) is 17.4. The average molecular weight is 467 g/mol. The summed E-state index contributed by atoms with van der Waals surface area (Å²) in [6, 6.07) is 43.1. The number of hydrogen-bond acceptors (Lipinski definition) is 1. The van der Waals surface area contributed by atoms with Crippen LogP contribution in [0.4, 0.5) is 0 Å². The Morgan fingerprint density at radius 1 is 0.556 bits per heavy atom. The number of carboxylic acid groups (broad SMARTS) is 1. The number of hydrogen-bond donors (Lipinski definition) is 1. The van der Waals surface area contributed by atoms with Crippen LogP contribution >= 0.6 is 0 Å². The van der Waals surface area contributed by atoms with Gasteiger partial charge in [0.2, 0.25) is 0 Å². The van der Waals surface area contributed by atoms with Crippen molar-refractivity contribution in [1.82, 2.24) is 0 Å². The molecule has 36 heavy (non-hydrogen) atoms. The number of fused-ring (bicyclic) bond motifs is 3. The topological polar surface area (TPSA) is 37.3 Å². The van der Waals surface area contributed by atoms with Crippen LogP contribution in [-0.2, 0) is 10.2 Å². The van der Waals surface area contributed by atoms with Gasteiger partial charge in [-0.25, -0.2) is 0 Å². The summed E-state index contributed by atoms with van der Waals surface area (Å²) in [6.07, 6.45) is 0. The van der Waals surface area contributed by atoms with Crippen LogP contribution in [0.5, 0.6) is 0 Å². The first-order valence-corrected chi connectivity index (χ1v) is 12.3. The third-order valence-corrected chi connectivity index (χ3v) is 7.64. The Morgan fingerprint density at radius 2 is 0.944 bits per heavy atom. The van der Waals surface area contributed by atoms with Crippen molar-refractivity contribution in [1.29, 1.82) is 0 Å². The van der Waals surface area contributed by atoms with Gasteiger partial charge >= 0.3 is 5.97 Å². The standard InChI is InChI=1S/C34H26O2/c1-34(33(35)36,31-22-10-16-25-13-4-7-19-28(25)31)32(29-20-8-14-23-11-2-5-17-26(23)29)30-21-9-15-24-12-3-6-18-27(24)30/h2-22,32H,1H3,(H,35,36). The zero-order valence-electron chi connectivity index (χ0n) is 20.1. The van der Waals surface area contributed by atoms with E-state index in [1.54, 1.807) is 0 Å². The van der Waals surface area contributed by atoms with Crippen LogP contribution in [0, 0.1) is 0 Å². The predicted molar refractivity (Wildman–Crippen MR) is 149 cm³/mol. The molecule has 6 aromatic rings. The summed E-state index contributed by atoms with van der Waals surface area (Å²) in [5.74, 6) is -1.28. The highest BCUT2D eigenvalue weighted by Gasteiger charge is 2.46. The fourth-order valence-electron chi connectivity index (χ4n) is 5.87. The van der Waals surface area contributed by atoms with E-state index in [9.17, 15) is 9.90 Å². The van der Waals surface area contributed by atoms with Crippen molar-refractivity contribution in [3.63, 3.8) is 0 Å². The van der Waals surface area contributed by atoms with Crippen molar-refractivity contribution in [2.45, 2.75) is 18.3 Å². The number of carboxylic acids is 1. The van der Waals surface area contributed by atoms with Crippen LogP contribution in [-0.4, -0.2) is 11.1 Å². The quantitative estimate of drug-likeness (QED) is 0.277. The molecule has 0 saturated heterocycles. The molecule has 0 bridgehead atoms. The molecule has 0 amide bonds. The molecule has 0 spiro atoms. The largest absolute Gasteiger partial charge is 0.481 e. The van der Waals surface area contributed by atoms with E-state index in [-0.39, 0.29) is 0 Å². The first kappa shape index (κ1) is 22.1. The molecule has 6 rings (SSSR count). The van der Waals surface area contributed by atoms with E-state index in [2.05, 4.69) is 48.5 Å². The van der Waals surface area contributed by atoms with Crippen LogP contribution in [0.15, 0.2) is 127 Å². The summed E-state index contributed by atoms with van der Waals surface area (Å²) >= 11 is 0. The maximum absolute atomic E-state index is 13.5. The van der Waals surface area contributed by atoms with Gasteiger partial charge in [-0.2, -0.15) is 0 Å². The second-order valence-corrected chi connectivity index (χ2v) is 9.60. The van der Waals surface area contributed by atoms with Crippen molar-refractivity contribution in [2.75, 3.05) is 0 Å². The van der Waals surface area contributed by atoms with E-state index >= 15 is 0 Å². The molecule has 1 unspecified atom stereocenters. The minimum absolute atomic E-state index is 0.432. The van der Waals surface area contributed by atoms with Gasteiger partial charge in [0.05, 0.1) is 0 Å². The minimum Gasteiger partial charge on any atom is -0.481 e. The van der Waals surface area contributed by atoms with Gasteiger partial charge in [-0.05, 0) is 55.9 Å². The Balaban J connectivity index is 1.77. The van der Waals surface area contributed by atoms with Crippen molar-refractivity contribution in [2.24, 2.45) is 0 Å². The molecule has 6 aromatic carbocycles. The maximum Gasteiger partial charge on any atom is 0.314 e. The lowest BCUT2D eigenvalue weighted by atomic mass is 9.64. The molecule has 0 aliphatic rings. The second-order valence-electron chi connectivity index (χ2n) is 9.60. The summed E-state index contributed by atoms with van der Waals surface area (Å²) in [4.78, 5) is 13.5. The summed E-state index contributed by atoms with van der Waals surface area (Å²) in [7, 11) is 0. The van der Waals surface area contributed by atoms with E-state index < -0.39 is 17.3 Å². The highest BCUT2D eigenvalue weighted by Crippen LogP contribution is 2.49. The van der Waals surface area contributed by atoms with Gasteiger partial charge in [-0.15, -0.1) is 0 Å². The number of aliphatic carboxylic acids is 1. The third kappa shape index (κ3) is 3.37. The Kier molecular flexibility index (Phi) is 5.30. The molecule has 0 fully saturated rings. The molecule has 0 saturated carbocycles. The molecule has 0 heterocycles. The van der Waals surface area contributed by atoms with E-state index in [4.69, 9.17) is 0 Å². The van der Waals surface area contributed by atoms with Crippen LogP contribution in [0.2, 0.25) is 0 Å². The lowest BCUT2D eigenvalue weighted by molar-refractivity contribution is -0.143. The highest BCUT2D eigenvalue weighted by atomic mass is 16.4. The Labute approximate surface area is 210 Å². The van der Waals surface area contributed by atoms with Gasteiger partial charge < -0.3 is 5.11 Å². The van der Waals surface area contributed by atoms with E-state index in [0.29, 0.717) is 0 Å². The summed E-state index contributed by atoms with van der Waals surface area (Å²) in [5.41, 5.74) is 1.61. The third-order valence-electron chi connectivity index (χ3n) is 7.64. The fourth-order valence-corrected chi connectivity index (χ4v) is 5.87. The maximum atomic E-state index is 13.5. The number of benzene rings is 6. The lowest BCUT2D eigenvalue weighted by Crippen LogP contribution is -2.40. The molecule has 1 atom stereocenters. The first-order chi connectivity index (χ1) is 17.6. The van der Waals surface area contributed by atoms with Crippen LogP contribution in [0.25, 0.3) is 32.3 Å². The SMILES string of the molecule is CC(C(=O)O)(c1cccc2ccccc12)C(c1cccc2ccccc12)c1cccc2ccccc12. The molecule has 0 radical (unpaired) electrons. The molecule has 0 aromatic heterocycles. The zero-order valence-corrected chi connectivity index (χ0v) is 20.1. The van der Waals surface area contributed by atoms with E-state index in [1.165, 1.54) is 0 Å². The summed E-state index contributed by atoms with van der Waals surface area (Å²) < 4.78 is 0. The van der Waals surface area contributed by atoms with Gasteiger partial charge in [-0.1, -0.05) is 127 Å². The minimum atomic E-state index is -1.24. The average Bonchev–Trinajstić information content (AvgIpc) is 2.93. The Bertz CT molecular complexity index is 1650. The normalized spacial score (nSPS) is 13.3.